The Morgan fingerprint density at radius 3 is 2.15 bits per heavy atom. The Labute approximate surface area is 196 Å². The first kappa shape index (κ1) is 23.2. The van der Waals surface area contributed by atoms with Crippen molar-refractivity contribution in [2.24, 2.45) is 0 Å². The first-order chi connectivity index (χ1) is 16.0. The van der Waals surface area contributed by atoms with Crippen LogP contribution in [0.1, 0.15) is 24.5 Å². The molecule has 0 saturated heterocycles. The van der Waals surface area contributed by atoms with E-state index in [4.69, 9.17) is 0 Å². The van der Waals surface area contributed by atoms with Crippen molar-refractivity contribution in [3.63, 3.8) is 0 Å². The molecule has 4 heteroatoms. The van der Waals surface area contributed by atoms with E-state index in [9.17, 15) is 10.2 Å². The molecule has 2 unspecified atom stereocenters. The average Bonchev–Trinajstić information content (AvgIpc) is 3.14. The van der Waals surface area contributed by atoms with Crippen LogP contribution in [0.25, 0.3) is 33.3 Å². The molecule has 0 saturated carbocycles. The Kier molecular flexibility index (Phi) is 7.29. The summed E-state index contributed by atoms with van der Waals surface area (Å²) in [6, 6.07) is 25.4. The number of benzene rings is 3. The van der Waals surface area contributed by atoms with E-state index < -0.39 is 6.10 Å². The highest BCUT2D eigenvalue weighted by molar-refractivity contribution is 6.06. The highest BCUT2D eigenvalue weighted by Crippen LogP contribution is 2.42. The molecule has 4 aromatic rings. The van der Waals surface area contributed by atoms with Crippen molar-refractivity contribution < 1.29 is 10.2 Å². The van der Waals surface area contributed by atoms with Crippen molar-refractivity contribution in [3.05, 3.63) is 83.9 Å². The van der Waals surface area contributed by atoms with Gasteiger partial charge < -0.3 is 20.1 Å². The van der Waals surface area contributed by atoms with E-state index in [2.05, 4.69) is 84.4 Å². The van der Waals surface area contributed by atoms with E-state index >= 15 is 0 Å². The minimum absolute atomic E-state index is 0.00100. The third-order valence-corrected chi connectivity index (χ3v) is 6.35. The minimum Gasteiger partial charge on any atom is -0.395 e. The molecule has 3 aromatic carbocycles. The van der Waals surface area contributed by atoms with Crippen LogP contribution in [0.3, 0.4) is 0 Å². The average molecular weight is 443 g/mol. The van der Waals surface area contributed by atoms with Crippen LogP contribution in [0.2, 0.25) is 0 Å². The number of nitrogens with one attached hydrogen (secondary N) is 1. The van der Waals surface area contributed by atoms with E-state index in [-0.39, 0.29) is 12.6 Å². The largest absolute Gasteiger partial charge is 0.395 e. The van der Waals surface area contributed by atoms with Crippen molar-refractivity contribution in [2.75, 3.05) is 13.2 Å². The number of hydrogen-bond donors (Lipinski definition) is 3. The molecule has 1 heterocycles. The van der Waals surface area contributed by atoms with Crippen molar-refractivity contribution in [3.8, 4) is 22.4 Å². The normalized spacial score (nSPS) is 13.4. The Morgan fingerprint density at radius 2 is 1.55 bits per heavy atom. The quantitative estimate of drug-likeness (QED) is 0.329. The van der Waals surface area contributed by atoms with Gasteiger partial charge in [-0.3, -0.25) is 0 Å². The lowest BCUT2D eigenvalue weighted by Gasteiger charge is -2.20. The topological polar surface area (TPSA) is 57.4 Å². The molecule has 3 N–H and O–H groups in total. The Bertz CT molecular complexity index is 1200. The Morgan fingerprint density at radius 1 is 0.909 bits per heavy atom. The smallest absolute Gasteiger partial charge is 0.0843 e. The van der Waals surface area contributed by atoms with Gasteiger partial charge in [0.15, 0.2) is 0 Å². The summed E-state index contributed by atoms with van der Waals surface area (Å²) in [5.74, 6) is 0. The molecule has 0 spiro atoms. The van der Waals surface area contributed by atoms with Gasteiger partial charge in [0.05, 0.1) is 30.5 Å². The third kappa shape index (κ3) is 4.88. The van der Waals surface area contributed by atoms with Gasteiger partial charge in [0.25, 0.3) is 0 Å². The van der Waals surface area contributed by atoms with E-state index in [1.165, 1.54) is 27.6 Å². The predicted molar refractivity (Wildman–Crippen MR) is 137 cm³/mol. The second-order valence-corrected chi connectivity index (χ2v) is 8.89. The molecule has 0 aliphatic heterocycles. The number of aryl methyl sites for hydroxylation is 2. The van der Waals surface area contributed by atoms with Crippen LogP contribution < -0.4 is 5.32 Å². The van der Waals surface area contributed by atoms with Crippen LogP contribution in [0.15, 0.2) is 72.8 Å². The fraction of sp³-hybridized carbons (Fsp3) is 0.310. The lowest BCUT2D eigenvalue weighted by atomic mass is 9.97. The molecule has 0 aliphatic rings. The van der Waals surface area contributed by atoms with Crippen LogP contribution >= 0.6 is 0 Å². The second-order valence-electron chi connectivity index (χ2n) is 8.89. The van der Waals surface area contributed by atoms with Gasteiger partial charge in [-0.25, -0.2) is 0 Å². The molecular weight excluding hydrogens is 408 g/mol. The zero-order valence-electron chi connectivity index (χ0n) is 19.8. The SMILES string of the molecule is CCC(CO)NCC(O)Cn1c(-c2ccccc2)c(-c2ccccc2)c2cc(C)cc(C)c21. The van der Waals surface area contributed by atoms with Gasteiger partial charge in [-0.2, -0.15) is 0 Å². The van der Waals surface area contributed by atoms with Gasteiger partial charge in [0.1, 0.15) is 0 Å². The molecule has 172 valence electrons. The van der Waals surface area contributed by atoms with E-state index in [0.717, 1.165) is 23.2 Å². The standard InChI is InChI=1S/C29H34N2O2/c1-4-24(19-32)30-17-25(33)18-31-28-21(3)15-20(2)16-26(28)27(22-11-7-5-8-12-22)29(31)23-13-9-6-10-14-23/h5-16,24-25,30,32-33H,4,17-19H2,1-3H3. The molecule has 0 fully saturated rings. The maximum absolute atomic E-state index is 11.0. The number of aliphatic hydroxyl groups excluding tert-OH is 2. The summed E-state index contributed by atoms with van der Waals surface area (Å²) in [5, 5.41) is 25.0. The first-order valence-corrected chi connectivity index (χ1v) is 11.8. The highest BCUT2D eigenvalue weighted by atomic mass is 16.3. The van der Waals surface area contributed by atoms with Gasteiger partial charge in [0.2, 0.25) is 0 Å². The lowest BCUT2D eigenvalue weighted by Crippen LogP contribution is -2.39. The molecule has 0 amide bonds. The van der Waals surface area contributed by atoms with Crippen molar-refractivity contribution >= 4 is 10.9 Å². The third-order valence-electron chi connectivity index (χ3n) is 6.35. The molecule has 4 rings (SSSR count). The number of nitrogens with zero attached hydrogens (tertiary/aromatic N) is 1. The van der Waals surface area contributed by atoms with Crippen LogP contribution in [0, 0.1) is 13.8 Å². The number of hydrogen-bond acceptors (Lipinski definition) is 3. The summed E-state index contributed by atoms with van der Waals surface area (Å²) < 4.78 is 2.29. The van der Waals surface area contributed by atoms with E-state index in [1.54, 1.807) is 0 Å². The van der Waals surface area contributed by atoms with Crippen LogP contribution in [-0.4, -0.2) is 40.1 Å². The van der Waals surface area contributed by atoms with Crippen molar-refractivity contribution in [2.45, 2.75) is 45.9 Å². The molecule has 33 heavy (non-hydrogen) atoms. The summed E-state index contributed by atoms with van der Waals surface area (Å²) in [5.41, 5.74) is 8.21. The summed E-state index contributed by atoms with van der Waals surface area (Å²) in [6.45, 7) is 7.29. The molecule has 1 aromatic heterocycles. The highest BCUT2D eigenvalue weighted by Gasteiger charge is 2.23. The Balaban J connectivity index is 1.91. The maximum atomic E-state index is 11.0. The zero-order valence-corrected chi connectivity index (χ0v) is 19.8. The zero-order chi connectivity index (χ0) is 23.4. The summed E-state index contributed by atoms with van der Waals surface area (Å²) >= 11 is 0. The second kappa shape index (κ2) is 10.3. The van der Waals surface area contributed by atoms with Crippen LogP contribution in [-0.2, 0) is 6.54 Å². The van der Waals surface area contributed by atoms with Gasteiger partial charge in [-0.1, -0.05) is 79.2 Å². The fourth-order valence-corrected chi connectivity index (χ4v) is 4.77. The van der Waals surface area contributed by atoms with Crippen LogP contribution in [0.5, 0.6) is 0 Å². The Hall–Kier alpha value is -2.92. The molecule has 0 radical (unpaired) electrons. The van der Waals surface area contributed by atoms with Crippen molar-refractivity contribution in [1.82, 2.24) is 9.88 Å². The number of rotatable bonds is 9. The molecule has 2 atom stereocenters. The fourth-order valence-electron chi connectivity index (χ4n) is 4.77. The maximum Gasteiger partial charge on any atom is 0.0843 e. The van der Waals surface area contributed by atoms with E-state index in [0.29, 0.717) is 13.1 Å². The predicted octanol–water partition coefficient (Wildman–Crippen LogP) is 5.31. The number of fused-ring (bicyclic) bond motifs is 1. The minimum atomic E-state index is -0.590. The first-order valence-electron chi connectivity index (χ1n) is 11.8. The number of aliphatic hydroxyl groups is 2. The lowest BCUT2D eigenvalue weighted by molar-refractivity contribution is 0.140. The summed E-state index contributed by atoms with van der Waals surface area (Å²) in [6.07, 6.45) is 0.231. The summed E-state index contributed by atoms with van der Waals surface area (Å²) in [4.78, 5) is 0. The van der Waals surface area contributed by atoms with Gasteiger partial charge in [-0.05, 0) is 43.0 Å². The van der Waals surface area contributed by atoms with E-state index in [1.807, 2.05) is 19.1 Å². The van der Waals surface area contributed by atoms with Gasteiger partial charge >= 0.3 is 0 Å². The summed E-state index contributed by atoms with van der Waals surface area (Å²) in [7, 11) is 0. The van der Waals surface area contributed by atoms with Gasteiger partial charge in [0, 0.05) is 23.5 Å². The molecule has 0 aliphatic carbocycles. The number of aromatic nitrogens is 1. The monoisotopic (exact) mass is 442 g/mol. The van der Waals surface area contributed by atoms with Gasteiger partial charge in [-0.15, -0.1) is 0 Å². The van der Waals surface area contributed by atoms with Crippen molar-refractivity contribution in [1.29, 1.82) is 0 Å². The molecule has 0 bridgehead atoms. The van der Waals surface area contributed by atoms with Crippen LogP contribution in [0.4, 0.5) is 0 Å². The molecule has 4 nitrogen and oxygen atoms in total. The molecular formula is C29H34N2O2.